The molecule has 0 spiro atoms. The molecule has 0 bridgehead atoms. The standard InChI is InChI=1S/C20H31N3O4/c1-3-4-18(20(25)26)22-15(2)19(24)21-13-16-5-7-17(8-6-16)14-23-9-11-27-12-10-23/h5-8,15,18,22H,3-4,9-14H2,1-2H3,(H,21,24)(H,25,26). The van der Waals surface area contributed by atoms with Crippen LogP contribution in [0.5, 0.6) is 0 Å². The molecule has 0 aliphatic carbocycles. The summed E-state index contributed by atoms with van der Waals surface area (Å²) < 4.78 is 5.36. The number of aliphatic carboxylic acids is 1. The summed E-state index contributed by atoms with van der Waals surface area (Å²) in [4.78, 5) is 25.8. The van der Waals surface area contributed by atoms with Crippen LogP contribution in [0.1, 0.15) is 37.8 Å². The molecule has 7 heteroatoms. The third-order valence-electron chi connectivity index (χ3n) is 4.72. The first kappa shape index (κ1) is 21.3. The molecule has 1 aromatic carbocycles. The SMILES string of the molecule is CCCC(NC(C)C(=O)NCc1ccc(CN2CCOCC2)cc1)C(=O)O. The number of carbonyl (C=O) groups excluding carboxylic acids is 1. The molecule has 1 fully saturated rings. The van der Waals surface area contributed by atoms with Crippen molar-refractivity contribution in [3.63, 3.8) is 0 Å². The van der Waals surface area contributed by atoms with Crippen molar-refractivity contribution in [2.75, 3.05) is 26.3 Å². The average Bonchev–Trinajstić information content (AvgIpc) is 2.67. The van der Waals surface area contributed by atoms with Crippen molar-refractivity contribution in [2.24, 2.45) is 0 Å². The minimum atomic E-state index is -0.924. The molecule has 2 rings (SSSR count). The molecule has 7 nitrogen and oxygen atoms in total. The number of amides is 1. The Morgan fingerprint density at radius 3 is 2.41 bits per heavy atom. The molecule has 3 N–H and O–H groups in total. The van der Waals surface area contributed by atoms with E-state index in [2.05, 4.69) is 27.7 Å². The van der Waals surface area contributed by atoms with Crippen LogP contribution >= 0.6 is 0 Å². The van der Waals surface area contributed by atoms with Gasteiger partial charge in [0.2, 0.25) is 5.91 Å². The third-order valence-corrected chi connectivity index (χ3v) is 4.72. The molecule has 1 amide bonds. The first-order chi connectivity index (χ1) is 13.0. The van der Waals surface area contributed by atoms with Crippen LogP contribution in [0.25, 0.3) is 0 Å². The van der Waals surface area contributed by atoms with Gasteiger partial charge >= 0.3 is 5.97 Å². The predicted octanol–water partition coefficient (Wildman–Crippen LogP) is 1.37. The molecular formula is C20H31N3O4. The average molecular weight is 377 g/mol. The first-order valence-electron chi connectivity index (χ1n) is 9.64. The number of benzene rings is 1. The van der Waals surface area contributed by atoms with Gasteiger partial charge < -0.3 is 15.2 Å². The van der Waals surface area contributed by atoms with Crippen LogP contribution in [-0.2, 0) is 27.4 Å². The van der Waals surface area contributed by atoms with Gasteiger partial charge in [-0.05, 0) is 24.5 Å². The van der Waals surface area contributed by atoms with Gasteiger partial charge in [-0.25, -0.2) is 0 Å². The van der Waals surface area contributed by atoms with Crippen molar-refractivity contribution in [1.29, 1.82) is 0 Å². The van der Waals surface area contributed by atoms with Crippen LogP contribution in [-0.4, -0.2) is 60.3 Å². The van der Waals surface area contributed by atoms with E-state index in [4.69, 9.17) is 4.74 Å². The zero-order valence-corrected chi connectivity index (χ0v) is 16.2. The Bertz CT molecular complexity index is 600. The Morgan fingerprint density at radius 2 is 1.81 bits per heavy atom. The molecule has 0 saturated carbocycles. The Morgan fingerprint density at radius 1 is 1.19 bits per heavy atom. The lowest BCUT2D eigenvalue weighted by Gasteiger charge is -2.26. The summed E-state index contributed by atoms with van der Waals surface area (Å²) >= 11 is 0. The van der Waals surface area contributed by atoms with Gasteiger partial charge in [-0.2, -0.15) is 0 Å². The maximum absolute atomic E-state index is 12.2. The van der Waals surface area contributed by atoms with E-state index in [9.17, 15) is 14.7 Å². The normalized spacial score (nSPS) is 17.3. The van der Waals surface area contributed by atoms with Crippen molar-refractivity contribution in [3.8, 4) is 0 Å². The summed E-state index contributed by atoms with van der Waals surface area (Å²) in [7, 11) is 0. The lowest BCUT2D eigenvalue weighted by molar-refractivity contribution is -0.140. The number of rotatable bonds is 10. The summed E-state index contributed by atoms with van der Waals surface area (Å²) in [6.07, 6.45) is 1.24. The molecule has 1 saturated heterocycles. The van der Waals surface area contributed by atoms with Crippen LogP contribution in [0.3, 0.4) is 0 Å². The highest BCUT2D eigenvalue weighted by atomic mass is 16.5. The largest absolute Gasteiger partial charge is 0.480 e. The van der Waals surface area contributed by atoms with Gasteiger partial charge in [0.25, 0.3) is 0 Å². The fourth-order valence-electron chi connectivity index (χ4n) is 3.07. The van der Waals surface area contributed by atoms with Crippen molar-refractivity contribution in [3.05, 3.63) is 35.4 Å². The van der Waals surface area contributed by atoms with Gasteiger partial charge in [-0.3, -0.25) is 19.8 Å². The molecule has 27 heavy (non-hydrogen) atoms. The highest BCUT2D eigenvalue weighted by molar-refractivity contribution is 5.82. The fraction of sp³-hybridized carbons (Fsp3) is 0.600. The molecule has 0 radical (unpaired) electrons. The monoisotopic (exact) mass is 377 g/mol. The van der Waals surface area contributed by atoms with Gasteiger partial charge in [0.05, 0.1) is 19.3 Å². The van der Waals surface area contributed by atoms with E-state index in [1.807, 2.05) is 19.1 Å². The molecule has 1 heterocycles. The lowest BCUT2D eigenvalue weighted by Crippen LogP contribution is -2.49. The zero-order chi connectivity index (χ0) is 19.6. The second kappa shape index (κ2) is 11.0. The van der Waals surface area contributed by atoms with Crippen LogP contribution in [0, 0.1) is 0 Å². The second-order valence-electron chi connectivity index (χ2n) is 6.99. The van der Waals surface area contributed by atoms with E-state index in [-0.39, 0.29) is 5.91 Å². The maximum atomic E-state index is 12.2. The van der Waals surface area contributed by atoms with Crippen molar-refractivity contribution >= 4 is 11.9 Å². The van der Waals surface area contributed by atoms with E-state index in [1.54, 1.807) is 6.92 Å². The predicted molar refractivity (Wildman–Crippen MR) is 103 cm³/mol. The van der Waals surface area contributed by atoms with Crippen molar-refractivity contribution in [1.82, 2.24) is 15.5 Å². The number of nitrogens with one attached hydrogen (secondary N) is 2. The van der Waals surface area contributed by atoms with Gasteiger partial charge in [-0.15, -0.1) is 0 Å². The van der Waals surface area contributed by atoms with E-state index >= 15 is 0 Å². The number of ether oxygens (including phenoxy) is 1. The number of carbonyl (C=O) groups is 2. The molecule has 1 aromatic rings. The van der Waals surface area contributed by atoms with Crippen molar-refractivity contribution < 1.29 is 19.4 Å². The summed E-state index contributed by atoms with van der Waals surface area (Å²) in [6, 6.07) is 6.95. The van der Waals surface area contributed by atoms with E-state index in [0.717, 1.165) is 44.8 Å². The number of morpholine rings is 1. The number of hydrogen-bond acceptors (Lipinski definition) is 5. The summed E-state index contributed by atoms with van der Waals surface area (Å²) in [5.41, 5.74) is 2.26. The smallest absolute Gasteiger partial charge is 0.320 e. The van der Waals surface area contributed by atoms with E-state index in [0.29, 0.717) is 13.0 Å². The lowest BCUT2D eigenvalue weighted by atomic mass is 10.1. The first-order valence-corrected chi connectivity index (χ1v) is 9.64. The molecule has 0 aromatic heterocycles. The highest BCUT2D eigenvalue weighted by Crippen LogP contribution is 2.09. The molecule has 150 valence electrons. The molecule has 1 aliphatic rings. The quantitative estimate of drug-likeness (QED) is 0.570. The van der Waals surface area contributed by atoms with E-state index < -0.39 is 18.1 Å². The molecule has 2 atom stereocenters. The van der Waals surface area contributed by atoms with Gasteiger partial charge in [0, 0.05) is 26.2 Å². The summed E-state index contributed by atoms with van der Waals surface area (Å²) in [5.74, 6) is -1.12. The Labute approximate surface area is 161 Å². The van der Waals surface area contributed by atoms with Gasteiger partial charge in [0.1, 0.15) is 6.04 Å². The van der Waals surface area contributed by atoms with Crippen LogP contribution in [0.2, 0.25) is 0 Å². The fourth-order valence-corrected chi connectivity index (χ4v) is 3.07. The Hall–Kier alpha value is -1.96. The highest BCUT2D eigenvalue weighted by Gasteiger charge is 2.22. The van der Waals surface area contributed by atoms with Gasteiger partial charge in [0.15, 0.2) is 0 Å². The second-order valence-corrected chi connectivity index (χ2v) is 6.99. The summed E-state index contributed by atoms with van der Waals surface area (Å²) in [5, 5.41) is 14.9. The van der Waals surface area contributed by atoms with Crippen LogP contribution in [0.15, 0.2) is 24.3 Å². The zero-order valence-electron chi connectivity index (χ0n) is 16.2. The molecule has 1 aliphatic heterocycles. The minimum Gasteiger partial charge on any atom is -0.480 e. The molecule has 2 unspecified atom stereocenters. The number of nitrogens with zero attached hydrogens (tertiary/aromatic N) is 1. The topological polar surface area (TPSA) is 90.9 Å². The number of carboxylic acids is 1. The number of carboxylic acid groups (broad SMARTS) is 1. The van der Waals surface area contributed by atoms with Crippen LogP contribution in [0.4, 0.5) is 0 Å². The minimum absolute atomic E-state index is 0.199. The third kappa shape index (κ3) is 7.28. The molecular weight excluding hydrogens is 346 g/mol. The van der Waals surface area contributed by atoms with Crippen molar-refractivity contribution in [2.45, 2.75) is 51.9 Å². The van der Waals surface area contributed by atoms with Gasteiger partial charge in [-0.1, -0.05) is 37.6 Å². The maximum Gasteiger partial charge on any atom is 0.320 e. The number of hydrogen-bond donors (Lipinski definition) is 3. The Balaban J connectivity index is 1.77. The Kier molecular flexibility index (Phi) is 8.71. The summed E-state index contributed by atoms with van der Waals surface area (Å²) in [6.45, 7) is 8.43. The van der Waals surface area contributed by atoms with Crippen LogP contribution < -0.4 is 10.6 Å². The van der Waals surface area contributed by atoms with E-state index in [1.165, 1.54) is 5.56 Å².